The molecular formula is C40H49F2N5O2Si. The van der Waals surface area contributed by atoms with Crippen LogP contribution < -0.4 is 9.64 Å². The van der Waals surface area contributed by atoms with E-state index in [1.807, 2.05) is 13.1 Å². The van der Waals surface area contributed by atoms with Gasteiger partial charge in [-0.2, -0.15) is 4.98 Å². The number of halogens is 2. The van der Waals surface area contributed by atoms with Gasteiger partial charge in [-0.25, -0.2) is 18.7 Å². The number of anilines is 1. The van der Waals surface area contributed by atoms with Crippen LogP contribution in [0.1, 0.15) is 79.2 Å². The van der Waals surface area contributed by atoms with Crippen molar-refractivity contribution in [2.24, 2.45) is 0 Å². The lowest BCUT2D eigenvalue weighted by Crippen LogP contribution is -2.43. The van der Waals surface area contributed by atoms with E-state index in [4.69, 9.17) is 14.7 Å². The molecular weight excluding hydrogens is 649 g/mol. The molecule has 0 radical (unpaired) electrons. The number of nitrogens with zero attached hydrogens (tertiary/aromatic N) is 5. The third-order valence-corrected chi connectivity index (χ3v) is 18.1. The minimum absolute atomic E-state index is 0.0575. The lowest BCUT2D eigenvalue weighted by molar-refractivity contribution is 0.107. The van der Waals surface area contributed by atoms with Crippen LogP contribution in [-0.4, -0.2) is 77.5 Å². The largest absolute Gasteiger partial charge is 0.508 e. The normalized spacial score (nSPS) is 21.0. The number of rotatable bonds is 9. The number of aromatic nitrogens is 3. The fraction of sp³-hybridized carbons (Fsp3) is 0.525. The van der Waals surface area contributed by atoms with Crippen LogP contribution in [0.3, 0.4) is 0 Å². The van der Waals surface area contributed by atoms with Crippen molar-refractivity contribution in [1.29, 1.82) is 0 Å². The van der Waals surface area contributed by atoms with Crippen LogP contribution in [0, 0.1) is 17.3 Å². The number of fused-ring (bicyclic) bond motifs is 3. The summed E-state index contributed by atoms with van der Waals surface area (Å²) in [7, 11) is -0.157. The fourth-order valence-electron chi connectivity index (χ4n) is 9.11. The summed E-state index contributed by atoms with van der Waals surface area (Å²) in [4.78, 5) is 19.0. The molecule has 4 aromatic rings. The number of pyridine rings is 1. The Labute approximate surface area is 295 Å². The number of hydrogen-bond donors (Lipinski definition) is 1. The van der Waals surface area contributed by atoms with Gasteiger partial charge < -0.3 is 14.7 Å². The van der Waals surface area contributed by atoms with Gasteiger partial charge in [-0.3, -0.25) is 4.90 Å². The second-order valence-corrected chi connectivity index (χ2v) is 21.4. The lowest BCUT2D eigenvalue weighted by atomic mass is 9.95. The topological polar surface area (TPSA) is 74.6 Å². The van der Waals surface area contributed by atoms with Crippen LogP contribution in [-0.2, 0) is 0 Å². The van der Waals surface area contributed by atoms with E-state index in [1.54, 1.807) is 24.4 Å². The maximum Gasteiger partial charge on any atom is 0.316 e. The monoisotopic (exact) mass is 697 g/mol. The number of alkyl halides is 1. The lowest BCUT2D eigenvalue weighted by Gasteiger charge is -2.38. The van der Waals surface area contributed by atoms with Crippen molar-refractivity contribution in [1.82, 2.24) is 19.9 Å². The van der Waals surface area contributed by atoms with E-state index in [9.17, 15) is 9.50 Å². The van der Waals surface area contributed by atoms with Gasteiger partial charge in [0.2, 0.25) is 0 Å². The average molecular weight is 698 g/mol. The molecule has 7 nitrogen and oxygen atoms in total. The van der Waals surface area contributed by atoms with Crippen molar-refractivity contribution in [3.05, 3.63) is 47.9 Å². The summed E-state index contributed by atoms with van der Waals surface area (Å²) in [5.74, 6) is 3.77. The number of hydrogen-bond acceptors (Lipinski definition) is 7. The van der Waals surface area contributed by atoms with Crippen LogP contribution in [0.2, 0.25) is 16.6 Å². The average Bonchev–Trinajstić information content (AvgIpc) is 3.77. The zero-order chi connectivity index (χ0) is 35.5. The molecule has 2 saturated heterocycles. The molecule has 2 atom stereocenters. The fourth-order valence-corrected chi connectivity index (χ4v) is 14.3. The van der Waals surface area contributed by atoms with E-state index in [0.29, 0.717) is 75.3 Å². The molecule has 0 amide bonds. The second-order valence-electron chi connectivity index (χ2n) is 15.8. The summed E-state index contributed by atoms with van der Waals surface area (Å²) < 4.78 is 36.7. The Bertz CT molecular complexity index is 1980. The van der Waals surface area contributed by atoms with Gasteiger partial charge in [0, 0.05) is 43.2 Å². The van der Waals surface area contributed by atoms with E-state index < -0.39 is 20.1 Å². The molecule has 264 valence electrons. The minimum atomic E-state index is -2.18. The van der Waals surface area contributed by atoms with E-state index in [-0.39, 0.29) is 17.3 Å². The van der Waals surface area contributed by atoms with Crippen molar-refractivity contribution >= 4 is 35.6 Å². The molecule has 2 aromatic heterocycles. The SMILES string of the molecule is CC(C)[Si](C#Cc1c(F)ccc2cc(O)cc(-c3cc4nc(OC[C@@]56CCCN5C[C@H](F)C6)ncc4c(N(C)C4CC4)n3)c12)(C(C)C)C(C)C. The van der Waals surface area contributed by atoms with Crippen LogP contribution in [0.4, 0.5) is 14.6 Å². The summed E-state index contributed by atoms with van der Waals surface area (Å²) in [6.45, 7) is 15.1. The Morgan fingerprint density at radius 1 is 1.08 bits per heavy atom. The molecule has 1 saturated carbocycles. The highest BCUT2D eigenvalue weighted by atomic mass is 28.3. The molecule has 4 heterocycles. The third kappa shape index (κ3) is 6.00. The molecule has 3 fully saturated rings. The van der Waals surface area contributed by atoms with Gasteiger partial charge >= 0.3 is 6.01 Å². The standard InChI is InChI=1S/C40H49F2N5O2Si/c1-24(2)50(25(3)4,26(5)6)16-13-31-34(42)12-9-27-17-30(48)18-32(37(27)31)35-19-36-33(38(44-35)46(7)29-10-11-29)21-43-39(45-36)49-23-40-14-8-15-47(40)22-28(41)20-40/h9,12,17-19,21,24-26,28-29,48H,8,10-11,14-15,20,22-23H2,1-7H3/t28-,40+/m1/s1. The maximum atomic E-state index is 16.0. The van der Waals surface area contributed by atoms with E-state index >= 15 is 4.39 Å². The number of phenolic OH excluding ortho intramolecular Hbond substituents is 1. The predicted molar refractivity (Wildman–Crippen MR) is 200 cm³/mol. The Balaban J connectivity index is 1.38. The van der Waals surface area contributed by atoms with E-state index in [0.717, 1.165) is 43.4 Å². The van der Waals surface area contributed by atoms with Gasteiger partial charge in [0.25, 0.3) is 0 Å². The Hall–Kier alpha value is -3.81. The van der Waals surface area contributed by atoms with Gasteiger partial charge in [0.1, 0.15) is 38.2 Å². The molecule has 0 bridgehead atoms. The molecule has 3 aliphatic rings. The molecule has 1 aliphatic carbocycles. The third-order valence-electron chi connectivity index (χ3n) is 11.8. The van der Waals surface area contributed by atoms with Crippen molar-refractivity contribution in [3.8, 4) is 34.5 Å². The smallest absolute Gasteiger partial charge is 0.316 e. The molecule has 1 N–H and O–H groups in total. The summed E-state index contributed by atoms with van der Waals surface area (Å²) in [5.41, 5.74) is 6.65. The zero-order valence-electron chi connectivity index (χ0n) is 30.4. The van der Waals surface area contributed by atoms with Crippen LogP contribution in [0.25, 0.3) is 32.9 Å². The molecule has 2 aromatic carbocycles. The van der Waals surface area contributed by atoms with Crippen molar-refractivity contribution in [3.63, 3.8) is 0 Å². The van der Waals surface area contributed by atoms with Crippen LogP contribution >= 0.6 is 0 Å². The first-order valence-electron chi connectivity index (χ1n) is 18.2. The van der Waals surface area contributed by atoms with Crippen LogP contribution in [0.15, 0.2) is 36.5 Å². The Morgan fingerprint density at radius 2 is 1.82 bits per heavy atom. The molecule has 7 rings (SSSR count). The highest BCUT2D eigenvalue weighted by Gasteiger charge is 2.49. The van der Waals surface area contributed by atoms with E-state index in [2.05, 4.69) is 67.8 Å². The second kappa shape index (κ2) is 13.1. The molecule has 50 heavy (non-hydrogen) atoms. The summed E-state index contributed by atoms with van der Waals surface area (Å²) in [6.07, 6.45) is 5.42. The van der Waals surface area contributed by atoms with Gasteiger partial charge in [0.05, 0.1) is 27.7 Å². The van der Waals surface area contributed by atoms with Gasteiger partial charge in [-0.15, -0.1) is 5.54 Å². The van der Waals surface area contributed by atoms with Crippen molar-refractivity contribution in [2.75, 3.05) is 31.6 Å². The zero-order valence-corrected chi connectivity index (χ0v) is 31.4. The maximum absolute atomic E-state index is 16.0. The van der Waals surface area contributed by atoms with Crippen LogP contribution in [0.5, 0.6) is 11.8 Å². The summed E-state index contributed by atoms with van der Waals surface area (Å²) >= 11 is 0. The minimum Gasteiger partial charge on any atom is -0.508 e. The quantitative estimate of drug-likeness (QED) is 0.138. The van der Waals surface area contributed by atoms with E-state index in [1.165, 1.54) is 6.07 Å². The summed E-state index contributed by atoms with van der Waals surface area (Å²) in [5, 5.41) is 13.1. The Kier molecular flexibility index (Phi) is 9.05. The molecule has 0 unspecified atom stereocenters. The highest BCUT2D eigenvalue weighted by molar-refractivity contribution is 6.90. The van der Waals surface area contributed by atoms with Crippen molar-refractivity contribution < 1.29 is 18.6 Å². The van der Waals surface area contributed by atoms with Gasteiger partial charge in [0.15, 0.2) is 0 Å². The molecule has 2 aliphatic heterocycles. The van der Waals surface area contributed by atoms with Crippen molar-refractivity contribution in [2.45, 2.75) is 108 Å². The number of ether oxygens (including phenoxy) is 1. The molecule has 0 spiro atoms. The summed E-state index contributed by atoms with van der Waals surface area (Å²) in [6, 6.07) is 8.89. The highest BCUT2D eigenvalue weighted by Crippen LogP contribution is 2.43. The molecule has 10 heteroatoms. The first kappa shape index (κ1) is 34.6. The van der Waals surface area contributed by atoms with Gasteiger partial charge in [-0.05, 0) is 78.5 Å². The first-order chi connectivity index (χ1) is 23.8. The Morgan fingerprint density at radius 3 is 2.52 bits per heavy atom. The first-order valence-corrected chi connectivity index (χ1v) is 20.5. The number of aromatic hydroxyl groups is 1. The number of benzene rings is 2. The predicted octanol–water partition coefficient (Wildman–Crippen LogP) is 8.81. The number of phenols is 1. The van der Waals surface area contributed by atoms with Gasteiger partial charge in [-0.1, -0.05) is 53.5 Å².